The third-order valence-electron chi connectivity index (χ3n) is 2.99. The van der Waals surface area contributed by atoms with Crippen molar-refractivity contribution in [2.75, 3.05) is 11.5 Å². The van der Waals surface area contributed by atoms with Gasteiger partial charge in [0, 0.05) is 5.54 Å². The summed E-state index contributed by atoms with van der Waals surface area (Å²) < 4.78 is 62.4. The normalized spacial score (nSPS) is 26.4. The number of benzene rings is 1. The van der Waals surface area contributed by atoms with Crippen molar-refractivity contribution < 1.29 is 21.2 Å². The highest BCUT2D eigenvalue weighted by Crippen LogP contribution is 2.25. The van der Waals surface area contributed by atoms with Gasteiger partial charge in [0.25, 0.3) is 0 Å². The molecule has 0 amide bonds. The minimum atomic E-state index is -3.93. The van der Waals surface area contributed by atoms with Crippen molar-refractivity contribution in [1.29, 1.82) is 0 Å². The molecule has 0 radical (unpaired) electrons. The second-order valence-corrected chi connectivity index (χ2v) is 8.83. The van der Waals surface area contributed by atoms with E-state index in [2.05, 4.69) is 4.72 Å². The van der Waals surface area contributed by atoms with Gasteiger partial charge in [-0.15, -0.1) is 0 Å². The molecule has 1 fully saturated rings. The van der Waals surface area contributed by atoms with Crippen LogP contribution < -0.4 is 4.72 Å². The van der Waals surface area contributed by atoms with E-state index in [-0.39, 0.29) is 22.8 Å². The van der Waals surface area contributed by atoms with E-state index in [9.17, 15) is 21.2 Å². The molecule has 0 aliphatic carbocycles. The average Bonchev–Trinajstić information content (AvgIpc) is 2.51. The van der Waals surface area contributed by atoms with Crippen LogP contribution in [0.1, 0.15) is 13.3 Å². The van der Waals surface area contributed by atoms with Crippen LogP contribution in [-0.2, 0) is 19.9 Å². The second kappa shape index (κ2) is 4.53. The summed E-state index contributed by atoms with van der Waals surface area (Å²) in [5.74, 6) is -0.948. The number of sulfone groups is 1. The van der Waals surface area contributed by atoms with Crippen LogP contribution in [0.5, 0.6) is 0 Å². The van der Waals surface area contributed by atoms with E-state index in [1.54, 1.807) is 0 Å². The van der Waals surface area contributed by atoms with E-state index < -0.39 is 31.2 Å². The van der Waals surface area contributed by atoms with E-state index in [0.717, 1.165) is 12.1 Å². The highest BCUT2D eigenvalue weighted by atomic mass is 32.2. The lowest BCUT2D eigenvalue weighted by atomic mass is 10.0. The van der Waals surface area contributed by atoms with Gasteiger partial charge in [-0.3, -0.25) is 0 Å². The van der Waals surface area contributed by atoms with Gasteiger partial charge in [-0.2, -0.15) is 0 Å². The van der Waals surface area contributed by atoms with Crippen molar-refractivity contribution >= 4 is 19.9 Å². The molecule has 8 heteroatoms. The summed E-state index contributed by atoms with van der Waals surface area (Å²) in [6.45, 7) is 1.54. The lowest BCUT2D eigenvalue weighted by Crippen LogP contribution is -2.46. The average molecular weight is 307 g/mol. The quantitative estimate of drug-likeness (QED) is 0.890. The van der Waals surface area contributed by atoms with Gasteiger partial charge in [0.05, 0.1) is 16.4 Å². The van der Waals surface area contributed by atoms with Crippen LogP contribution in [0.3, 0.4) is 0 Å². The Morgan fingerprint density at radius 2 is 2.05 bits per heavy atom. The Hall–Kier alpha value is -0.990. The van der Waals surface area contributed by atoms with Crippen LogP contribution in [0.15, 0.2) is 29.2 Å². The molecule has 5 nitrogen and oxygen atoms in total. The Morgan fingerprint density at radius 3 is 2.58 bits per heavy atom. The molecular weight excluding hydrogens is 293 g/mol. The standard InChI is InChI=1S/C11H14FNO4S2/c1-11(5-6-18(14,15)8-11)13-19(16,17)10-4-2-3-9(12)7-10/h2-4,7,13H,5-6,8H2,1H3/t11-/m1/s1. The van der Waals surface area contributed by atoms with Crippen molar-refractivity contribution in [2.45, 2.75) is 23.8 Å². The van der Waals surface area contributed by atoms with Crippen LogP contribution in [0.4, 0.5) is 4.39 Å². The van der Waals surface area contributed by atoms with Gasteiger partial charge in [-0.25, -0.2) is 25.9 Å². The first-order chi connectivity index (χ1) is 8.62. The molecule has 1 aromatic carbocycles. The van der Waals surface area contributed by atoms with E-state index in [0.29, 0.717) is 0 Å². The van der Waals surface area contributed by atoms with E-state index in [4.69, 9.17) is 0 Å². The Balaban J connectivity index is 2.28. The topological polar surface area (TPSA) is 80.3 Å². The van der Waals surface area contributed by atoms with Gasteiger partial charge >= 0.3 is 0 Å². The van der Waals surface area contributed by atoms with Crippen molar-refractivity contribution in [3.05, 3.63) is 30.1 Å². The minimum Gasteiger partial charge on any atom is -0.229 e. The molecule has 19 heavy (non-hydrogen) atoms. The Labute approximate surface area is 111 Å². The summed E-state index contributed by atoms with van der Waals surface area (Å²) in [6.07, 6.45) is 0.212. The maximum absolute atomic E-state index is 13.0. The zero-order valence-electron chi connectivity index (χ0n) is 10.3. The largest absolute Gasteiger partial charge is 0.241 e. The molecule has 2 rings (SSSR count). The highest BCUT2D eigenvalue weighted by Gasteiger charge is 2.41. The first-order valence-corrected chi connectivity index (χ1v) is 8.92. The van der Waals surface area contributed by atoms with Gasteiger partial charge in [0.2, 0.25) is 10.0 Å². The monoisotopic (exact) mass is 307 g/mol. The van der Waals surface area contributed by atoms with Crippen LogP contribution in [0.25, 0.3) is 0 Å². The molecule has 1 N–H and O–H groups in total. The molecule has 0 saturated carbocycles. The molecule has 1 atom stereocenters. The fourth-order valence-electron chi connectivity index (χ4n) is 2.11. The summed E-state index contributed by atoms with van der Waals surface area (Å²) in [5, 5.41) is 0. The number of rotatable bonds is 3. The first-order valence-electron chi connectivity index (χ1n) is 5.62. The van der Waals surface area contributed by atoms with Crippen molar-refractivity contribution in [3.63, 3.8) is 0 Å². The lowest BCUT2D eigenvalue weighted by molar-refractivity contribution is 0.461. The van der Waals surface area contributed by atoms with Crippen molar-refractivity contribution in [3.8, 4) is 0 Å². The van der Waals surface area contributed by atoms with Gasteiger partial charge in [-0.05, 0) is 31.5 Å². The van der Waals surface area contributed by atoms with E-state index >= 15 is 0 Å². The molecule has 0 spiro atoms. The molecule has 0 unspecified atom stereocenters. The van der Waals surface area contributed by atoms with Gasteiger partial charge in [-0.1, -0.05) is 6.07 Å². The van der Waals surface area contributed by atoms with Gasteiger partial charge < -0.3 is 0 Å². The number of hydrogen-bond donors (Lipinski definition) is 1. The van der Waals surface area contributed by atoms with Crippen LogP contribution in [-0.4, -0.2) is 33.9 Å². The summed E-state index contributed by atoms with van der Waals surface area (Å²) in [5.41, 5.74) is -1.04. The lowest BCUT2D eigenvalue weighted by Gasteiger charge is -2.23. The third-order valence-corrected chi connectivity index (χ3v) is 6.53. The van der Waals surface area contributed by atoms with Gasteiger partial charge in [0.1, 0.15) is 5.82 Å². The summed E-state index contributed by atoms with van der Waals surface area (Å²) >= 11 is 0. The Morgan fingerprint density at radius 1 is 1.37 bits per heavy atom. The number of nitrogens with one attached hydrogen (secondary N) is 1. The Bertz CT molecular complexity index is 699. The van der Waals surface area contributed by atoms with Gasteiger partial charge in [0.15, 0.2) is 9.84 Å². The predicted octanol–water partition coefficient (Wildman–Crippen LogP) is 0.681. The second-order valence-electron chi connectivity index (χ2n) is 4.97. The molecule has 106 valence electrons. The highest BCUT2D eigenvalue weighted by molar-refractivity contribution is 7.92. The summed E-state index contributed by atoms with van der Waals surface area (Å²) in [7, 11) is -7.15. The Kier molecular flexibility index (Phi) is 3.44. The molecule has 0 aromatic heterocycles. The van der Waals surface area contributed by atoms with Crippen LogP contribution >= 0.6 is 0 Å². The molecule has 1 heterocycles. The molecular formula is C11H14FNO4S2. The molecule has 1 saturated heterocycles. The number of hydrogen-bond acceptors (Lipinski definition) is 4. The molecule has 1 aromatic rings. The SMILES string of the molecule is C[C@@]1(NS(=O)(=O)c2cccc(F)c2)CCS(=O)(=O)C1. The smallest absolute Gasteiger partial charge is 0.229 e. The molecule has 1 aliphatic heterocycles. The van der Waals surface area contributed by atoms with Crippen LogP contribution in [0.2, 0.25) is 0 Å². The maximum atomic E-state index is 13.0. The first kappa shape index (κ1) is 14.4. The fraction of sp³-hybridized carbons (Fsp3) is 0.455. The molecule has 0 bridgehead atoms. The van der Waals surface area contributed by atoms with Crippen molar-refractivity contribution in [2.24, 2.45) is 0 Å². The fourth-order valence-corrected chi connectivity index (χ4v) is 5.76. The number of halogens is 1. The van der Waals surface area contributed by atoms with E-state index in [1.165, 1.54) is 19.1 Å². The third kappa shape index (κ3) is 3.31. The predicted molar refractivity (Wildman–Crippen MR) is 68.4 cm³/mol. The van der Waals surface area contributed by atoms with E-state index in [1.807, 2.05) is 0 Å². The zero-order chi connectivity index (χ0) is 14.3. The molecule has 1 aliphatic rings. The minimum absolute atomic E-state index is 0.0465. The maximum Gasteiger partial charge on any atom is 0.241 e. The summed E-state index contributed by atoms with van der Waals surface area (Å²) in [4.78, 5) is -0.210. The summed E-state index contributed by atoms with van der Waals surface area (Å²) in [6, 6.07) is 4.59. The zero-order valence-corrected chi connectivity index (χ0v) is 11.9. The number of sulfonamides is 1. The van der Waals surface area contributed by atoms with Crippen molar-refractivity contribution in [1.82, 2.24) is 4.72 Å². The van der Waals surface area contributed by atoms with Crippen LogP contribution in [0, 0.1) is 5.82 Å².